The lowest BCUT2D eigenvalue weighted by Crippen LogP contribution is -2.27. The molecule has 4 N–H and O–H groups in total. The van der Waals surface area contributed by atoms with Crippen LogP contribution in [0.3, 0.4) is 0 Å². The van der Waals surface area contributed by atoms with Crippen molar-refractivity contribution in [2.75, 3.05) is 12.8 Å². The van der Waals surface area contributed by atoms with Crippen molar-refractivity contribution in [2.45, 2.75) is 44.7 Å². The molecule has 186 valence electrons. The minimum absolute atomic E-state index is 0.133. The molecule has 1 saturated carbocycles. The van der Waals surface area contributed by atoms with Gasteiger partial charge in [0.2, 0.25) is 0 Å². The standard InChI is InChI=1S/C27H28FN5O3/c1-15(30-26(34)20-13-18(28)11-12-22(20)36-2)16-7-9-17(10-8-16)21-14-33(19-5-3-4-6-19)24-23(21)25(29)31-32-27(24)35/h7-15,19H,3-6H2,1-2H3,(H2,29,31)(H,30,34)(H,32,35)/t15-/m1/s1. The predicted octanol–water partition coefficient (Wildman–Crippen LogP) is 4.73. The van der Waals surface area contributed by atoms with Gasteiger partial charge in [-0.1, -0.05) is 37.1 Å². The summed E-state index contributed by atoms with van der Waals surface area (Å²) in [7, 11) is 1.44. The number of nitrogens with two attached hydrogens (primary N) is 1. The molecule has 9 heteroatoms. The Kier molecular flexibility index (Phi) is 6.22. The molecule has 5 rings (SSSR count). The number of rotatable bonds is 6. The zero-order valence-corrected chi connectivity index (χ0v) is 20.2. The molecule has 1 aliphatic rings. The molecule has 4 aromatic rings. The number of nitrogens with zero attached hydrogens (tertiary/aromatic N) is 2. The topological polar surface area (TPSA) is 115 Å². The van der Waals surface area contributed by atoms with Gasteiger partial charge in [0.05, 0.1) is 24.1 Å². The van der Waals surface area contributed by atoms with E-state index in [9.17, 15) is 14.0 Å². The zero-order valence-electron chi connectivity index (χ0n) is 20.2. The lowest BCUT2D eigenvalue weighted by molar-refractivity contribution is 0.0936. The molecule has 1 amide bonds. The maximum absolute atomic E-state index is 13.7. The van der Waals surface area contributed by atoms with Gasteiger partial charge in [-0.05, 0) is 49.1 Å². The third-order valence-electron chi connectivity index (χ3n) is 6.98. The van der Waals surface area contributed by atoms with E-state index in [0.717, 1.165) is 48.4 Å². The van der Waals surface area contributed by atoms with Gasteiger partial charge in [-0.25, -0.2) is 9.49 Å². The number of amides is 1. The monoisotopic (exact) mass is 489 g/mol. The Bertz CT molecular complexity index is 1490. The van der Waals surface area contributed by atoms with Crippen molar-refractivity contribution >= 4 is 22.6 Å². The second kappa shape index (κ2) is 9.49. The van der Waals surface area contributed by atoms with E-state index in [1.807, 2.05) is 37.4 Å². The van der Waals surface area contributed by atoms with E-state index in [1.165, 1.54) is 19.2 Å². The van der Waals surface area contributed by atoms with Gasteiger partial charge in [-0.15, -0.1) is 0 Å². The number of hydrogen-bond acceptors (Lipinski definition) is 5. The van der Waals surface area contributed by atoms with Gasteiger partial charge >= 0.3 is 0 Å². The van der Waals surface area contributed by atoms with Crippen molar-refractivity contribution in [3.05, 3.63) is 76.0 Å². The van der Waals surface area contributed by atoms with Gasteiger partial charge in [0.15, 0.2) is 5.82 Å². The Morgan fingerprint density at radius 2 is 1.94 bits per heavy atom. The van der Waals surface area contributed by atoms with Crippen LogP contribution in [0.1, 0.15) is 60.6 Å². The molecule has 1 fully saturated rings. The molecule has 0 radical (unpaired) electrons. The van der Waals surface area contributed by atoms with Crippen LogP contribution in [0.15, 0.2) is 53.5 Å². The van der Waals surface area contributed by atoms with Crippen LogP contribution in [-0.2, 0) is 0 Å². The molecule has 0 spiro atoms. The highest BCUT2D eigenvalue weighted by molar-refractivity contribution is 6.02. The van der Waals surface area contributed by atoms with E-state index >= 15 is 0 Å². The number of aromatic amines is 1. The fourth-order valence-corrected chi connectivity index (χ4v) is 5.09. The zero-order chi connectivity index (χ0) is 25.4. The van der Waals surface area contributed by atoms with Gasteiger partial charge in [-0.2, -0.15) is 5.10 Å². The first-order valence-electron chi connectivity index (χ1n) is 12.0. The Morgan fingerprint density at radius 1 is 1.22 bits per heavy atom. The van der Waals surface area contributed by atoms with E-state index < -0.39 is 11.7 Å². The molecule has 2 heterocycles. The molecule has 2 aromatic heterocycles. The van der Waals surface area contributed by atoms with E-state index in [2.05, 4.69) is 20.1 Å². The summed E-state index contributed by atoms with van der Waals surface area (Å²) < 4.78 is 21.0. The molecule has 0 aliphatic heterocycles. The Hall–Kier alpha value is -4.14. The average Bonchev–Trinajstić information content (AvgIpc) is 3.55. The van der Waals surface area contributed by atoms with E-state index in [-0.39, 0.29) is 29.0 Å². The number of carbonyl (C=O) groups is 1. The number of halogens is 1. The summed E-state index contributed by atoms with van der Waals surface area (Å²) in [5, 5.41) is 10.1. The maximum atomic E-state index is 13.7. The van der Waals surface area contributed by atoms with E-state index in [1.54, 1.807) is 0 Å². The largest absolute Gasteiger partial charge is 0.496 e. The number of anilines is 1. The van der Waals surface area contributed by atoms with Crippen LogP contribution in [-0.4, -0.2) is 27.8 Å². The molecular weight excluding hydrogens is 461 g/mol. The third-order valence-corrected chi connectivity index (χ3v) is 6.98. The fourth-order valence-electron chi connectivity index (χ4n) is 5.09. The second-order valence-electron chi connectivity index (χ2n) is 9.21. The van der Waals surface area contributed by atoms with Crippen LogP contribution >= 0.6 is 0 Å². The predicted molar refractivity (Wildman–Crippen MR) is 137 cm³/mol. The Morgan fingerprint density at radius 3 is 2.64 bits per heavy atom. The molecule has 1 atom stereocenters. The first-order valence-corrected chi connectivity index (χ1v) is 12.0. The first-order chi connectivity index (χ1) is 17.4. The Labute approximate surface area is 207 Å². The second-order valence-corrected chi connectivity index (χ2v) is 9.21. The number of nitrogen functional groups attached to an aromatic ring is 1. The highest BCUT2D eigenvalue weighted by atomic mass is 19.1. The maximum Gasteiger partial charge on any atom is 0.288 e. The minimum atomic E-state index is -0.512. The summed E-state index contributed by atoms with van der Waals surface area (Å²) >= 11 is 0. The smallest absolute Gasteiger partial charge is 0.288 e. The van der Waals surface area contributed by atoms with Gasteiger partial charge in [0.25, 0.3) is 11.5 Å². The van der Waals surface area contributed by atoms with Crippen LogP contribution in [0.5, 0.6) is 5.75 Å². The van der Waals surface area contributed by atoms with Crippen LogP contribution in [0.2, 0.25) is 0 Å². The quantitative estimate of drug-likeness (QED) is 0.362. The van der Waals surface area contributed by atoms with Crippen molar-refractivity contribution in [1.29, 1.82) is 0 Å². The van der Waals surface area contributed by atoms with Gasteiger partial charge in [0, 0.05) is 17.8 Å². The number of benzene rings is 2. The molecule has 8 nitrogen and oxygen atoms in total. The summed E-state index contributed by atoms with van der Waals surface area (Å²) in [5.74, 6) is -0.357. The molecule has 2 aromatic carbocycles. The molecule has 0 unspecified atom stereocenters. The normalized spacial score (nSPS) is 14.8. The number of nitrogens with one attached hydrogen (secondary N) is 2. The van der Waals surface area contributed by atoms with Crippen molar-refractivity contribution in [2.24, 2.45) is 0 Å². The average molecular weight is 490 g/mol. The van der Waals surface area contributed by atoms with Gasteiger partial charge in [0.1, 0.15) is 17.1 Å². The summed E-state index contributed by atoms with van der Waals surface area (Å²) in [6.07, 6.45) is 6.33. The summed E-state index contributed by atoms with van der Waals surface area (Å²) in [5.41, 5.74) is 9.26. The van der Waals surface area contributed by atoms with Crippen LogP contribution < -0.4 is 21.3 Å². The number of hydrogen-bond donors (Lipinski definition) is 3. The summed E-state index contributed by atoms with van der Waals surface area (Å²) in [6, 6.07) is 11.5. The van der Waals surface area contributed by atoms with Crippen molar-refractivity contribution in [1.82, 2.24) is 20.1 Å². The number of carbonyl (C=O) groups excluding carboxylic acids is 1. The van der Waals surface area contributed by atoms with Crippen LogP contribution in [0.25, 0.3) is 22.0 Å². The van der Waals surface area contributed by atoms with Crippen molar-refractivity contribution in [3.8, 4) is 16.9 Å². The fraction of sp³-hybridized carbons (Fsp3) is 0.296. The van der Waals surface area contributed by atoms with Crippen LogP contribution in [0.4, 0.5) is 10.2 Å². The first kappa shape index (κ1) is 23.6. The molecule has 36 heavy (non-hydrogen) atoms. The summed E-state index contributed by atoms with van der Waals surface area (Å²) in [6.45, 7) is 1.85. The number of fused-ring (bicyclic) bond motifs is 1. The molecule has 0 bridgehead atoms. The Balaban J connectivity index is 1.44. The number of aromatic nitrogens is 3. The molecular formula is C27H28FN5O3. The van der Waals surface area contributed by atoms with Gasteiger partial charge in [-0.3, -0.25) is 9.59 Å². The van der Waals surface area contributed by atoms with Gasteiger partial charge < -0.3 is 20.4 Å². The van der Waals surface area contributed by atoms with E-state index in [0.29, 0.717) is 16.7 Å². The minimum Gasteiger partial charge on any atom is -0.496 e. The van der Waals surface area contributed by atoms with Crippen LogP contribution in [0, 0.1) is 5.82 Å². The van der Waals surface area contributed by atoms with Crippen molar-refractivity contribution < 1.29 is 13.9 Å². The van der Waals surface area contributed by atoms with Crippen molar-refractivity contribution in [3.63, 3.8) is 0 Å². The number of H-pyrrole nitrogens is 1. The third kappa shape index (κ3) is 4.21. The highest BCUT2D eigenvalue weighted by Crippen LogP contribution is 2.38. The number of methoxy groups -OCH3 is 1. The molecule has 1 aliphatic carbocycles. The lowest BCUT2D eigenvalue weighted by Gasteiger charge is -2.16. The summed E-state index contributed by atoms with van der Waals surface area (Å²) in [4.78, 5) is 25.5. The number of ether oxygens (including phenoxy) is 1. The van der Waals surface area contributed by atoms with E-state index in [4.69, 9.17) is 10.5 Å². The SMILES string of the molecule is COc1ccc(F)cc1C(=O)N[C@H](C)c1ccc(-c2cn(C3CCCC3)c3c(=O)[nH]nc(N)c23)cc1. The lowest BCUT2D eigenvalue weighted by atomic mass is 10.0. The molecule has 0 saturated heterocycles. The highest BCUT2D eigenvalue weighted by Gasteiger charge is 2.24.